The largest absolute Gasteiger partial charge is 0.332 e. The predicted molar refractivity (Wildman–Crippen MR) is 75.9 cm³/mol. The van der Waals surface area contributed by atoms with Crippen LogP contribution in [-0.4, -0.2) is 49.0 Å². The molecule has 0 amide bonds. The first kappa shape index (κ1) is 14.0. The first-order valence-electron chi connectivity index (χ1n) is 7.36. The van der Waals surface area contributed by atoms with Crippen LogP contribution in [0, 0.1) is 5.92 Å². The van der Waals surface area contributed by atoms with Gasteiger partial charge in [-0.15, -0.1) is 0 Å². The van der Waals surface area contributed by atoms with Gasteiger partial charge in [-0.1, -0.05) is 6.92 Å². The highest BCUT2D eigenvalue weighted by Crippen LogP contribution is 2.31. The average molecular weight is 298 g/mol. The van der Waals surface area contributed by atoms with Crippen LogP contribution in [0.4, 0.5) is 0 Å². The summed E-state index contributed by atoms with van der Waals surface area (Å²) in [4.78, 5) is 9.38. The molecule has 1 aliphatic carbocycles. The second-order valence-corrected chi connectivity index (χ2v) is 7.52. The quantitative estimate of drug-likeness (QED) is 0.812. The number of aryl methyl sites for hydroxylation is 1. The highest BCUT2D eigenvalue weighted by molar-refractivity contribution is 7.89. The van der Waals surface area contributed by atoms with Crippen molar-refractivity contribution in [3.8, 4) is 0 Å². The number of rotatable bonds is 6. The van der Waals surface area contributed by atoms with Crippen LogP contribution in [0.5, 0.6) is 0 Å². The molecule has 0 aromatic carbocycles. The molecule has 2 N–H and O–H groups in total. The summed E-state index contributed by atoms with van der Waals surface area (Å²) in [5.74, 6) is 1.13. The van der Waals surface area contributed by atoms with Gasteiger partial charge in [0.15, 0.2) is 5.03 Å². The van der Waals surface area contributed by atoms with E-state index in [1.54, 1.807) is 0 Å². The van der Waals surface area contributed by atoms with Crippen LogP contribution in [0.3, 0.4) is 0 Å². The number of imidazole rings is 1. The van der Waals surface area contributed by atoms with E-state index in [-0.39, 0.29) is 5.03 Å². The lowest BCUT2D eigenvalue weighted by atomic mass is 10.1. The van der Waals surface area contributed by atoms with Crippen molar-refractivity contribution in [2.45, 2.75) is 43.7 Å². The Morgan fingerprint density at radius 2 is 2.25 bits per heavy atom. The van der Waals surface area contributed by atoms with Crippen molar-refractivity contribution < 1.29 is 8.42 Å². The van der Waals surface area contributed by atoms with Gasteiger partial charge < -0.3 is 9.88 Å². The van der Waals surface area contributed by atoms with Crippen molar-refractivity contribution in [3.05, 3.63) is 12.0 Å². The fourth-order valence-electron chi connectivity index (χ4n) is 2.77. The van der Waals surface area contributed by atoms with Crippen molar-refractivity contribution in [2.75, 3.05) is 19.6 Å². The summed E-state index contributed by atoms with van der Waals surface area (Å²) in [5, 5.41) is 0.173. The number of likely N-dealkylation sites (tertiary alicyclic amines) is 1. The van der Waals surface area contributed by atoms with Gasteiger partial charge in [-0.05, 0) is 31.7 Å². The fraction of sp³-hybridized carbons (Fsp3) is 0.769. The molecule has 1 aromatic heterocycles. The standard InChI is InChI=1S/C13H22N4O2S/c1-2-12-14-8-13(16-12)20(18,19)15-7-10-5-6-17(9-10)11-3-4-11/h8,10-11,15H,2-7,9H2,1H3,(H,14,16)/t10-/m0/s1. The molecule has 0 radical (unpaired) electrons. The SMILES string of the molecule is CCc1ncc(S(=O)(=O)NC[C@@H]2CCN(C3CC3)C2)[nH]1. The van der Waals surface area contributed by atoms with Crippen LogP contribution in [0.2, 0.25) is 0 Å². The Hall–Kier alpha value is -0.920. The first-order chi connectivity index (χ1) is 9.58. The zero-order valence-corrected chi connectivity index (χ0v) is 12.6. The number of nitrogens with zero attached hydrogens (tertiary/aromatic N) is 2. The van der Waals surface area contributed by atoms with Crippen LogP contribution in [0.25, 0.3) is 0 Å². The molecule has 6 nitrogen and oxygen atoms in total. The number of hydrogen-bond donors (Lipinski definition) is 2. The Morgan fingerprint density at radius 1 is 1.45 bits per heavy atom. The van der Waals surface area contributed by atoms with E-state index in [1.807, 2.05) is 6.92 Å². The van der Waals surface area contributed by atoms with Gasteiger partial charge in [-0.3, -0.25) is 0 Å². The molecule has 1 aromatic rings. The highest BCUT2D eigenvalue weighted by Gasteiger charge is 2.34. The number of H-pyrrole nitrogens is 1. The van der Waals surface area contributed by atoms with E-state index in [9.17, 15) is 8.42 Å². The van der Waals surface area contributed by atoms with Gasteiger partial charge in [0.1, 0.15) is 5.82 Å². The molecule has 20 heavy (non-hydrogen) atoms. The summed E-state index contributed by atoms with van der Waals surface area (Å²) in [5.41, 5.74) is 0. The number of nitrogens with one attached hydrogen (secondary N) is 2. The minimum atomic E-state index is -3.45. The molecule has 0 spiro atoms. The molecule has 1 aliphatic heterocycles. The van der Waals surface area contributed by atoms with Crippen molar-refractivity contribution in [3.63, 3.8) is 0 Å². The highest BCUT2D eigenvalue weighted by atomic mass is 32.2. The van der Waals surface area contributed by atoms with Gasteiger partial charge in [0.25, 0.3) is 10.0 Å². The lowest BCUT2D eigenvalue weighted by Crippen LogP contribution is -2.31. The van der Waals surface area contributed by atoms with Gasteiger partial charge in [-0.25, -0.2) is 18.1 Å². The zero-order chi connectivity index (χ0) is 14.2. The summed E-state index contributed by atoms with van der Waals surface area (Å²) in [6, 6.07) is 0.774. The zero-order valence-electron chi connectivity index (χ0n) is 11.8. The summed E-state index contributed by atoms with van der Waals surface area (Å²) in [7, 11) is -3.45. The van der Waals surface area contributed by atoms with Gasteiger partial charge in [0, 0.05) is 25.6 Å². The molecule has 0 bridgehead atoms. The average Bonchev–Trinajstić information content (AvgIpc) is 2.99. The second kappa shape index (κ2) is 5.46. The Balaban J connectivity index is 1.54. The van der Waals surface area contributed by atoms with E-state index >= 15 is 0 Å². The Labute approximate surface area is 120 Å². The third-order valence-electron chi connectivity index (χ3n) is 4.17. The smallest absolute Gasteiger partial charge is 0.257 e. The van der Waals surface area contributed by atoms with Crippen molar-refractivity contribution >= 4 is 10.0 Å². The number of aromatic amines is 1. The van der Waals surface area contributed by atoms with E-state index in [4.69, 9.17) is 0 Å². The van der Waals surface area contributed by atoms with Gasteiger partial charge in [0.05, 0.1) is 6.20 Å². The Morgan fingerprint density at radius 3 is 2.90 bits per heavy atom. The summed E-state index contributed by atoms with van der Waals surface area (Å²) < 4.78 is 27.0. The van der Waals surface area contributed by atoms with Gasteiger partial charge >= 0.3 is 0 Å². The van der Waals surface area contributed by atoms with Crippen molar-refractivity contribution in [1.82, 2.24) is 19.6 Å². The number of sulfonamides is 1. The maximum absolute atomic E-state index is 12.1. The molecule has 1 atom stereocenters. The normalized spacial score (nSPS) is 24.4. The summed E-state index contributed by atoms with van der Waals surface area (Å²) in [6.07, 6.45) is 5.81. The predicted octanol–water partition coefficient (Wildman–Crippen LogP) is 0.735. The van der Waals surface area contributed by atoms with Crippen LogP contribution in [0.1, 0.15) is 32.0 Å². The fourth-order valence-corrected chi connectivity index (χ4v) is 3.82. The Bertz CT molecular complexity index is 565. The third kappa shape index (κ3) is 3.05. The molecule has 0 unspecified atom stereocenters. The molecule has 3 rings (SSSR count). The summed E-state index contributed by atoms with van der Waals surface area (Å²) in [6.45, 7) is 4.59. The molecule has 1 saturated heterocycles. The number of hydrogen-bond acceptors (Lipinski definition) is 4. The minimum absolute atomic E-state index is 0.173. The van der Waals surface area contributed by atoms with Crippen LogP contribution < -0.4 is 4.72 Å². The third-order valence-corrected chi connectivity index (χ3v) is 5.51. The molecule has 112 valence electrons. The topological polar surface area (TPSA) is 78.1 Å². The van der Waals surface area contributed by atoms with E-state index in [0.717, 1.165) is 25.6 Å². The van der Waals surface area contributed by atoms with Crippen LogP contribution in [-0.2, 0) is 16.4 Å². The van der Waals surface area contributed by atoms with E-state index < -0.39 is 10.0 Å². The van der Waals surface area contributed by atoms with E-state index in [2.05, 4.69) is 19.6 Å². The molecular formula is C13H22N4O2S. The van der Waals surface area contributed by atoms with E-state index in [1.165, 1.54) is 19.0 Å². The van der Waals surface area contributed by atoms with Gasteiger partial charge in [0.2, 0.25) is 0 Å². The number of aromatic nitrogens is 2. The lowest BCUT2D eigenvalue weighted by molar-refractivity contribution is 0.314. The van der Waals surface area contributed by atoms with Crippen LogP contribution in [0.15, 0.2) is 11.2 Å². The monoisotopic (exact) mass is 298 g/mol. The van der Waals surface area contributed by atoms with Crippen molar-refractivity contribution in [2.24, 2.45) is 5.92 Å². The Kier molecular flexibility index (Phi) is 3.83. The van der Waals surface area contributed by atoms with E-state index in [0.29, 0.717) is 24.7 Å². The summed E-state index contributed by atoms with van der Waals surface area (Å²) >= 11 is 0. The van der Waals surface area contributed by atoms with Crippen LogP contribution >= 0.6 is 0 Å². The molecule has 2 aliphatic rings. The maximum Gasteiger partial charge on any atom is 0.257 e. The molecule has 2 fully saturated rings. The second-order valence-electron chi connectivity index (χ2n) is 5.78. The maximum atomic E-state index is 12.1. The van der Waals surface area contributed by atoms with Crippen molar-refractivity contribution in [1.29, 1.82) is 0 Å². The molecule has 7 heteroatoms. The minimum Gasteiger partial charge on any atom is -0.332 e. The molecule has 2 heterocycles. The van der Waals surface area contributed by atoms with Gasteiger partial charge in [-0.2, -0.15) is 0 Å². The first-order valence-corrected chi connectivity index (χ1v) is 8.84. The molecular weight excluding hydrogens is 276 g/mol. The lowest BCUT2D eigenvalue weighted by Gasteiger charge is -2.14. The molecule has 1 saturated carbocycles.